The molecule has 0 bridgehead atoms. The van der Waals surface area contributed by atoms with E-state index in [1.54, 1.807) is 0 Å². The summed E-state index contributed by atoms with van der Waals surface area (Å²) >= 11 is 0. The van der Waals surface area contributed by atoms with Gasteiger partial charge in [-0.15, -0.1) is 0 Å². The molecule has 19 heavy (non-hydrogen) atoms. The Morgan fingerprint density at radius 3 is 3.05 bits per heavy atom. The van der Waals surface area contributed by atoms with Gasteiger partial charge in [0.05, 0.1) is 0 Å². The second-order valence-electron chi connectivity index (χ2n) is 5.52. The minimum atomic E-state index is 0.276. The van der Waals surface area contributed by atoms with E-state index in [2.05, 4.69) is 42.6 Å². The van der Waals surface area contributed by atoms with Gasteiger partial charge in [-0.25, -0.2) is 0 Å². The summed E-state index contributed by atoms with van der Waals surface area (Å²) in [6, 6.07) is 7.17. The smallest absolute Gasteiger partial charge is 0.120 e. The molecule has 0 heterocycles. The maximum absolute atomic E-state index is 6.07. The molecular formula is C17H23NO. The summed E-state index contributed by atoms with van der Waals surface area (Å²) in [5.74, 6) is 1.03. The molecule has 0 amide bonds. The lowest BCUT2D eigenvalue weighted by Gasteiger charge is -2.19. The average Bonchev–Trinajstić information content (AvgIpc) is 2.83. The van der Waals surface area contributed by atoms with E-state index in [0.717, 1.165) is 18.7 Å². The average molecular weight is 257 g/mol. The van der Waals surface area contributed by atoms with Crippen LogP contribution in [0.15, 0.2) is 30.4 Å². The van der Waals surface area contributed by atoms with E-state index < -0.39 is 0 Å². The molecule has 2 unspecified atom stereocenters. The molecule has 1 aromatic rings. The number of rotatable bonds is 4. The molecule has 0 radical (unpaired) electrons. The van der Waals surface area contributed by atoms with Gasteiger partial charge in [0.25, 0.3) is 0 Å². The van der Waals surface area contributed by atoms with Gasteiger partial charge in [-0.3, -0.25) is 0 Å². The standard InChI is InChI=1S/C17H23NO/c1-2-18-17-11-8-13-12-15(9-10-16(13)17)19-14-6-4-3-5-7-14/h4,6,9-10,12,14,17-18H,2-3,5,7-8,11H2,1H3. The predicted octanol–water partition coefficient (Wildman–Crippen LogP) is 3.77. The van der Waals surface area contributed by atoms with Crippen LogP contribution in [0.5, 0.6) is 5.75 Å². The van der Waals surface area contributed by atoms with Crippen molar-refractivity contribution in [2.75, 3.05) is 6.54 Å². The second kappa shape index (κ2) is 5.79. The maximum Gasteiger partial charge on any atom is 0.120 e. The van der Waals surface area contributed by atoms with Gasteiger partial charge >= 0.3 is 0 Å². The summed E-state index contributed by atoms with van der Waals surface area (Å²) in [7, 11) is 0. The fraction of sp³-hybridized carbons (Fsp3) is 0.529. The number of fused-ring (bicyclic) bond motifs is 1. The number of aryl methyl sites for hydroxylation is 1. The molecule has 3 rings (SSSR count). The number of hydrogen-bond donors (Lipinski definition) is 1. The Morgan fingerprint density at radius 2 is 2.26 bits per heavy atom. The van der Waals surface area contributed by atoms with Crippen LogP contribution >= 0.6 is 0 Å². The molecule has 0 saturated carbocycles. The monoisotopic (exact) mass is 257 g/mol. The Balaban J connectivity index is 1.71. The summed E-state index contributed by atoms with van der Waals surface area (Å²) in [6.45, 7) is 3.21. The van der Waals surface area contributed by atoms with Crippen molar-refractivity contribution >= 4 is 0 Å². The van der Waals surface area contributed by atoms with Gasteiger partial charge in [0.1, 0.15) is 11.9 Å². The number of hydrogen-bond acceptors (Lipinski definition) is 2. The lowest BCUT2D eigenvalue weighted by atomic mass is 10.0. The van der Waals surface area contributed by atoms with Gasteiger partial charge < -0.3 is 10.1 Å². The first-order valence-electron chi connectivity index (χ1n) is 7.56. The van der Waals surface area contributed by atoms with E-state index in [4.69, 9.17) is 4.74 Å². The predicted molar refractivity (Wildman–Crippen MR) is 78.6 cm³/mol. The van der Waals surface area contributed by atoms with Crippen LogP contribution in [0.3, 0.4) is 0 Å². The zero-order valence-corrected chi connectivity index (χ0v) is 11.7. The van der Waals surface area contributed by atoms with Crippen LogP contribution in [-0.4, -0.2) is 12.6 Å². The van der Waals surface area contributed by atoms with Gasteiger partial charge in [0.15, 0.2) is 0 Å². The number of benzene rings is 1. The Kier molecular flexibility index (Phi) is 3.88. The third kappa shape index (κ3) is 2.84. The van der Waals surface area contributed by atoms with Gasteiger partial charge in [-0.1, -0.05) is 19.1 Å². The minimum Gasteiger partial charge on any atom is -0.486 e. The van der Waals surface area contributed by atoms with E-state index >= 15 is 0 Å². The molecule has 0 saturated heterocycles. The van der Waals surface area contributed by atoms with Crippen LogP contribution in [0.25, 0.3) is 0 Å². The Labute approximate surface area is 115 Å². The van der Waals surface area contributed by atoms with Crippen LogP contribution < -0.4 is 10.1 Å². The third-order valence-electron chi connectivity index (χ3n) is 4.14. The highest BCUT2D eigenvalue weighted by molar-refractivity contribution is 5.40. The lowest BCUT2D eigenvalue weighted by molar-refractivity contribution is 0.229. The lowest BCUT2D eigenvalue weighted by Crippen LogP contribution is -2.18. The zero-order valence-electron chi connectivity index (χ0n) is 11.7. The normalized spacial score (nSPS) is 25.3. The van der Waals surface area contributed by atoms with Crippen molar-refractivity contribution in [3.05, 3.63) is 41.5 Å². The highest BCUT2D eigenvalue weighted by Crippen LogP contribution is 2.34. The molecule has 0 spiro atoms. The highest BCUT2D eigenvalue weighted by atomic mass is 16.5. The van der Waals surface area contributed by atoms with Crippen molar-refractivity contribution in [3.8, 4) is 5.75 Å². The summed E-state index contributed by atoms with van der Waals surface area (Å²) in [6.07, 6.45) is 10.7. The van der Waals surface area contributed by atoms with E-state index in [9.17, 15) is 0 Å². The van der Waals surface area contributed by atoms with Crippen molar-refractivity contribution in [1.82, 2.24) is 5.32 Å². The molecule has 2 nitrogen and oxygen atoms in total. The van der Waals surface area contributed by atoms with E-state index in [1.165, 1.54) is 36.8 Å². The van der Waals surface area contributed by atoms with Gasteiger partial charge in [0, 0.05) is 6.04 Å². The maximum atomic E-state index is 6.07. The van der Waals surface area contributed by atoms with Gasteiger partial charge in [-0.05, 0) is 68.0 Å². The first kappa shape index (κ1) is 12.7. The molecule has 2 heteroatoms. The molecular weight excluding hydrogens is 234 g/mol. The van der Waals surface area contributed by atoms with Crippen molar-refractivity contribution in [1.29, 1.82) is 0 Å². The molecule has 2 aliphatic rings. The molecule has 0 aliphatic heterocycles. The first-order chi connectivity index (χ1) is 9.36. The number of ether oxygens (including phenoxy) is 1. The van der Waals surface area contributed by atoms with Gasteiger partial charge in [0.2, 0.25) is 0 Å². The van der Waals surface area contributed by atoms with E-state index in [1.807, 2.05) is 0 Å². The first-order valence-corrected chi connectivity index (χ1v) is 7.56. The summed E-state index contributed by atoms with van der Waals surface area (Å²) < 4.78 is 6.07. The second-order valence-corrected chi connectivity index (χ2v) is 5.52. The largest absolute Gasteiger partial charge is 0.486 e. The Morgan fingerprint density at radius 1 is 1.32 bits per heavy atom. The van der Waals surface area contributed by atoms with Crippen molar-refractivity contribution in [2.24, 2.45) is 0 Å². The fourth-order valence-electron chi connectivity index (χ4n) is 3.18. The molecule has 2 atom stereocenters. The topological polar surface area (TPSA) is 21.3 Å². The van der Waals surface area contributed by atoms with Crippen molar-refractivity contribution in [3.63, 3.8) is 0 Å². The fourth-order valence-corrected chi connectivity index (χ4v) is 3.18. The summed E-state index contributed by atoms with van der Waals surface area (Å²) in [5.41, 5.74) is 2.93. The molecule has 0 aromatic heterocycles. The van der Waals surface area contributed by atoms with Gasteiger partial charge in [-0.2, -0.15) is 0 Å². The minimum absolute atomic E-state index is 0.276. The van der Waals surface area contributed by atoms with Crippen LogP contribution in [0.4, 0.5) is 0 Å². The molecule has 1 aromatic carbocycles. The van der Waals surface area contributed by atoms with Crippen LogP contribution in [-0.2, 0) is 6.42 Å². The molecule has 0 fully saturated rings. The SMILES string of the molecule is CCNC1CCc2cc(OC3C=CCCC3)ccc21. The van der Waals surface area contributed by atoms with Crippen molar-refractivity contribution < 1.29 is 4.74 Å². The Hall–Kier alpha value is -1.28. The number of allylic oxidation sites excluding steroid dienone is 1. The highest BCUT2D eigenvalue weighted by Gasteiger charge is 2.22. The third-order valence-corrected chi connectivity index (χ3v) is 4.14. The van der Waals surface area contributed by atoms with Crippen LogP contribution in [0, 0.1) is 0 Å². The van der Waals surface area contributed by atoms with Crippen molar-refractivity contribution in [2.45, 2.75) is 51.2 Å². The molecule has 2 aliphatic carbocycles. The summed E-state index contributed by atoms with van der Waals surface area (Å²) in [5, 5.41) is 3.55. The van der Waals surface area contributed by atoms with Crippen LogP contribution in [0.1, 0.15) is 49.8 Å². The van der Waals surface area contributed by atoms with Crippen LogP contribution in [0.2, 0.25) is 0 Å². The quantitative estimate of drug-likeness (QED) is 0.829. The molecule has 1 N–H and O–H groups in total. The van der Waals surface area contributed by atoms with E-state index in [-0.39, 0.29) is 6.10 Å². The molecule has 102 valence electrons. The zero-order chi connectivity index (χ0) is 13.1. The van der Waals surface area contributed by atoms with E-state index in [0.29, 0.717) is 6.04 Å². The summed E-state index contributed by atoms with van der Waals surface area (Å²) in [4.78, 5) is 0. The number of nitrogens with one attached hydrogen (secondary N) is 1. The Bertz CT molecular complexity index is 466.